The van der Waals surface area contributed by atoms with Crippen molar-refractivity contribution in [3.05, 3.63) is 135 Å². The van der Waals surface area contributed by atoms with Crippen LogP contribution >= 0.6 is 11.8 Å². The first-order valence-corrected chi connectivity index (χ1v) is 12.1. The summed E-state index contributed by atoms with van der Waals surface area (Å²) in [5, 5.41) is 14.2. The molecule has 0 aliphatic carbocycles. The number of anilines is 1. The number of nitrogens with zero attached hydrogens (tertiary/aromatic N) is 1. The van der Waals surface area contributed by atoms with Gasteiger partial charge in [-0.2, -0.15) is 0 Å². The van der Waals surface area contributed by atoms with Gasteiger partial charge in [-0.25, -0.2) is 0 Å². The number of nitro benzene ring substituents is 1. The number of carbonyl (C=O) groups is 1. The summed E-state index contributed by atoms with van der Waals surface area (Å²) in [7, 11) is 0. The first-order valence-electron chi connectivity index (χ1n) is 11.1. The minimum atomic E-state index is -0.444. The summed E-state index contributed by atoms with van der Waals surface area (Å²) >= 11 is 1.76. The van der Waals surface area contributed by atoms with Crippen LogP contribution in [0.1, 0.15) is 22.3 Å². The van der Waals surface area contributed by atoms with Crippen molar-refractivity contribution in [2.45, 2.75) is 17.6 Å². The molecule has 0 radical (unpaired) electrons. The fraction of sp³-hybridized carbons (Fsp3) is 0.0690. The highest BCUT2D eigenvalue weighted by Gasteiger charge is 2.15. The van der Waals surface area contributed by atoms with E-state index in [1.807, 2.05) is 67.6 Å². The second kappa shape index (κ2) is 11.3. The van der Waals surface area contributed by atoms with Crippen molar-refractivity contribution in [3.63, 3.8) is 0 Å². The van der Waals surface area contributed by atoms with Crippen LogP contribution in [0.25, 0.3) is 11.6 Å². The van der Waals surface area contributed by atoms with Gasteiger partial charge in [0.15, 0.2) is 0 Å². The van der Waals surface area contributed by atoms with Crippen molar-refractivity contribution in [2.75, 3.05) is 5.32 Å². The molecule has 174 valence electrons. The molecule has 1 amide bonds. The molecule has 5 nitrogen and oxygen atoms in total. The minimum absolute atomic E-state index is 0.0219. The third-order valence-corrected chi connectivity index (χ3v) is 6.49. The maximum atomic E-state index is 13.4. The SMILES string of the molecule is Cc1cc(CSc2ccccc2)ccc1NC(=O)/C(=C/c1cccc([N+](=O)[O-])c1)c1ccccc1. The molecule has 0 unspecified atom stereocenters. The number of aryl methyl sites for hydroxylation is 1. The maximum Gasteiger partial charge on any atom is 0.270 e. The molecule has 0 heterocycles. The third-order valence-electron chi connectivity index (χ3n) is 5.41. The van der Waals surface area contributed by atoms with Gasteiger partial charge in [-0.3, -0.25) is 14.9 Å². The molecule has 4 aromatic carbocycles. The Morgan fingerprint density at radius 2 is 1.63 bits per heavy atom. The molecule has 0 saturated heterocycles. The molecule has 0 aliphatic heterocycles. The van der Waals surface area contributed by atoms with E-state index in [4.69, 9.17) is 0 Å². The van der Waals surface area contributed by atoms with Crippen molar-refractivity contribution in [2.24, 2.45) is 0 Å². The summed E-state index contributed by atoms with van der Waals surface area (Å²) in [5.74, 6) is 0.554. The second-order valence-electron chi connectivity index (χ2n) is 7.98. The number of hydrogen-bond donors (Lipinski definition) is 1. The number of non-ortho nitro benzene ring substituents is 1. The van der Waals surface area contributed by atoms with Crippen molar-refractivity contribution in [1.29, 1.82) is 0 Å². The van der Waals surface area contributed by atoms with E-state index in [1.54, 1.807) is 30.0 Å². The zero-order valence-electron chi connectivity index (χ0n) is 19.2. The van der Waals surface area contributed by atoms with E-state index in [9.17, 15) is 14.9 Å². The summed E-state index contributed by atoms with van der Waals surface area (Å²) in [6.45, 7) is 1.97. The normalized spacial score (nSPS) is 11.2. The van der Waals surface area contributed by atoms with Crippen LogP contribution in [0.2, 0.25) is 0 Å². The van der Waals surface area contributed by atoms with Crippen molar-refractivity contribution < 1.29 is 9.72 Å². The topological polar surface area (TPSA) is 72.2 Å². The fourth-order valence-electron chi connectivity index (χ4n) is 3.62. The highest BCUT2D eigenvalue weighted by atomic mass is 32.2. The Labute approximate surface area is 208 Å². The van der Waals surface area contributed by atoms with Gasteiger partial charge in [-0.1, -0.05) is 72.8 Å². The van der Waals surface area contributed by atoms with E-state index in [1.165, 1.54) is 22.6 Å². The molecular weight excluding hydrogens is 456 g/mol. The quantitative estimate of drug-likeness (QED) is 0.0939. The number of thioether (sulfide) groups is 1. The summed E-state index contributed by atoms with van der Waals surface area (Å²) in [5.41, 5.74) is 4.57. The highest BCUT2D eigenvalue weighted by molar-refractivity contribution is 7.98. The van der Waals surface area contributed by atoms with Crippen LogP contribution in [0.4, 0.5) is 11.4 Å². The zero-order valence-corrected chi connectivity index (χ0v) is 20.0. The molecule has 0 aliphatic rings. The van der Waals surface area contributed by atoms with E-state index in [0.29, 0.717) is 11.1 Å². The van der Waals surface area contributed by atoms with Crippen LogP contribution in [0.15, 0.2) is 108 Å². The van der Waals surface area contributed by atoms with Gasteiger partial charge in [0.1, 0.15) is 0 Å². The van der Waals surface area contributed by atoms with Gasteiger partial charge in [-0.05, 0) is 53.5 Å². The van der Waals surface area contributed by atoms with E-state index >= 15 is 0 Å². The fourth-order valence-corrected chi connectivity index (χ4v) is 4.48. The standard InChI is InChI=1S/C29H24N2O3S/c1-21-17-23(20-35-26-13-6-3-7-14-26)15-16-28(21)30-29(32)27(24-10-4-2-5-11-24)19-22-9-8-12-25(18-22)31(33)34/h2-19H,20H2,1H3,(H,30,32)/b27-19+. The molecule has 4 aromatic rings. The highest BCUT2D eigenvalue weighted by Crippen LogP contribution is 2.27. The Kier molecular flexibility index (Phi) is 7.75. The lowest BCUT2D eigenvalue weighted by Gasteiger charge is -2.13. The lowest BCUT2D eigenvalue weighted by molar-refractivity contribution is -0.384. The van der Waals surface area contributed by atoms with Gasteiger partial charge in [0.25, 0.3) is 11.6 Å². The molecule has 35 heavy (non-hydrogen) atoms. The zero-order chi connectivity index (χ0) is 24.6. The van der Waals surface area contributed by atoms with Crippen LogP contribution < -0.4 is 5.32 Å². The van der Waals surface area contributed by atoms with Gasteiger partial charge in [0, 0.05) is 34.0 Å². The van der Waals surface area contributed by atoms with Gasteiger partial charge < -0.3 is 5.32 Å². The van der Waals surface area contributed by atoms with Crippen molar-refractivity contribution >= 4 is 40.7 Å². The molecule has 0 atom stereocenters. The molecule has 6 heteroatoms. The number of carbonyl (C=O) groups excluding carboxylic acids is 1. The molecule has 0 spiro atoms. The Hall–Kier alpha value is -4.16. The molecule has 0 bridgehead atoms. The predicted molar refractivity (Wildman–Crippen MR) is 143 cm³/mol. The predicted octanol–water partition coefficient (Wildman–Crippen LogP) is 7.37. The van der Waals surface area contributed by atoms with Gasteiger partial charge in [0.05, 0.1) is 4.92 Å². The van der Waals surface area contributed by atoms with Gasteiger partial charge in [0.2, 0.25) is 0 Å². The van der Waals surface area contributed by atoms with Gasteiger partial charge >= 0.3 is 0 Å². The third kappa shape index (κ3) is 6.46. The van der Waals surface area contributed by atoms with Gasteiger partial charge in [-0.15, -0.1) is 11.8 Å². The first-order chi connectivity index (χ1) is 17.0. The summed E-state index contributed by atoms with van der Waals surface area (Å²) < 4.78 is 0. The number of nitrogens with one attached hydrogen (secondary N) is 1. The smallest absolute Gasteiger partial charge is 0.270 e. The minimum Gasteiger partial charge on any atom is -0.322 e. The van der Waals surface area contributed by atoms with Crippen molar-refractivity contribution in [1.82, 2.24) is 0 Å². The molecule has 4 rings (SSSR count). The maximum absolute atomic E-state index is 13.4. The number of amides is 1. The molecule has 0 fully saturated rings. The van der Waals surface area contributed by atoms with E-state index in [-0.39, 0.29) is 11.6 Å². The Morgan fingerprint density at radius 3 is 2.31 bits per heavy atom. The largest absolute Gasteiger partial charge is 0.322 e. The number of benzene rings is 4. The number of hydrogen-bond acceptors (Lipinski definition) is 4. The number of nitro groups is 1. The monoisotopic (exact) mass is 480 g/mol. The van der Waals surface area contributed by atoms with Crippen molar-refractivity contribution in [3.8, 4) is 0 Å². The number of rotatable bonds is 8. The summed E-state index contributed by atoms with van der Waals surface area (Å²) in [6.07, 6.45) is 1.68. The van der Waals surface area contributed by atoms with E-state index < -0.39 is 4.92 Å². The Balaban J connectivity index is 1.56. The first kappa shape index (κ1) is 24.0. The average Bonchev–Trinajstić information content (AvgIpc) is 2.88. The van der Waals surface area contributed by atoms with Crippen LogP contribution in [0.5, 0.6) is 0 Å². The Morgan fingerprint density at radius 1 is 0.914 bits per heavy atom. The van der Waals surface area contributed by atoms with Crippen LogP contribution in [0.3, 0.4) is 0 Å². The van der Waals surface area contributed by atoms with Crippen LogP contribution in [0, 0.1) is 17.0 Å². The molecule has 1 N–H and O–H groups in total. The van der Waals surface area contributed by atoms with E-state index in [0.717, 1.165) is 22.6 Å². The molecular formula is C29H24N2O3S. The Bertz CT molecular complexity index is 1370. The van der Waals surface area contributed by atoms with Crippen LogP contribution in [-0.2, 0) is 10.5 Å². The molecule has 0 aromatic heterocycles. The van der Waals surface area contributed by atoms with E-state index in [2.05, 4.69) is 23.5 Å². The van der Waals surface area contributed by atoms with Crippen LogP contribution in [-0.4, -0.2) is 10.8 Å². The lowest BCUT2D eigenvalue weighted by Crippen LogP contribution is -2.14. The molecule has 0 saturated carbocycles. The summed E-state index contributed by atoms with van der Waals surface area (Å²) in [4.78, 5) is 25.3. The second-order valence-corrected chi connectivity index (χ2v) is 9.03. The lowest BCUT2D eigenvalue weighted by atomic mass is 10.0. The summed E-state index contributed by atoms with van der Waals surface area (Å²) in [6, 6.07) is 31.8. The average molecular weight is 481 g/mol.